The largest absolute Gasteiger partial charge is 0.378 e. The summed E-state index contributed by atoms with van der Waals surface area (Å²) in [5.74, 6) is 1.96. The predicted octanol–water partition coefficient (Wildman–Crippen LogP) is 0.859. The van der Waals surface area contributed by atoms with E-state index in [2.05, 4.69) is 51.6 Å². The Bertz CT molecular complexity index is 513. The minimum Gasteiger partial charge on any atom is -0.378 e. The summed E-state index contributed by atoms with van der Waals surface area (Å²) in [4.78, 5) is 15.8. The maximum atomic E-state index is 5.80. The maximum Gasteiger partial charge on any atom is 0.134 e. The van der Waals surface area contributed by atoms with Gasteiger partial charge in [-0.3, -0.25) is 4.90 Å². The van der Waals surface area contributed by atoms with Gasteiger partial charge in [0.15, 0.2) is 0 Å². The first-order valence-corrected chi connectivity index (χ1v) is 8.85. The molecule has 0 aromatic carbocycles. The van der Waals surface area contributed by atoms with E-state index in [0.29, 0.717) is 12.2 Å². The van der Waals surface area contributed by atoms with Crippen LogP contribution in [0.4, 0.5) is 11.6 Å². The Hall–Kier alpha value is -1.44. The lowest BCUT2D eigenvalue weighted by atomic mass is 10.2. The zero-order valence-corrected chi connectivity index (χ0v) is 15.0. The van der Waals surface area contributed by atoms with Crippen LogP contribution in [0.3, 0.4) is 0 Å². The molecule has 2 aliphatic heterocycles. The number of nitrogens with zero attached hydrogens (tertiary/aromatic N) is 5. The molecule has 1 aromatic heterocycles. The summed E-state index contributed by atoms with van der Waals surface area (Å²) in [7, 11) is 2.10. The lowest BCUT2D eigenvalue weighted by Crippen LogP contribution is -2.47. The van der Waals surface area contributed by atoms with E-state index in [1.165, 1.54) is 0 Å². The van der Waals surface area contributed by atoms with Crippen molar-refractivity contribution in [1.29, 1.82) is 0 Å². The van der Waals surface area contributed by atoms with Crippen molar-refractivity contribution in [1.82, 2.24) is 14.9 Å². The lowest BCUT2D eigenvalue weighted by Gasteiger charge is -2.36. The molecule has 0 N–H and O–H groups in total. The molecule has 0 saturated carbocycles. The number of anilines is 2. The molecule has 2 saturated heterocycles. The molecule has 0 amide bonds. The van der Waals surface area contributed by atoms with E-state index in [0.717, 1.165) is 64.1 Å². The van der Waals surface area contributed by atoms with Crippen molar-refractivity contribution in [3.05, 3.63) is 12.4 Å². The minimum absolute atomic E-state index is 0.311. The van der Waals surface area contributed by atoms with Crippen molar-refractivity contribution in [3.8, 4) is 0 Å². The lowest BCUT2D eigenvalue weighted by molar-refractivity contribution is -0.0670. The Morgan fingerprint density at radius 1 is 1.17 bits per heavy atom. The topological polar surface area (TPSA) is 54.0 Å². The fraction of sp³-hybridized carbons (Fsp3) is 0.765. The van der Waals surface area contributed by atoms with E-state index in [1.54, 1.807) is 6.33 Å². The second-order valence-corrected chi connectivity index (χ2v) is 6.77. The van der Waals surface area contributed by atoms with Gasteiger partial charge in [-0.25, -0.2) is 9.97 Å². The zero-order valence-electron chi connectivity index (χ0n) is 15.0. The SMILES string of the molecule is C[C@@H]1CN(CCN(C)c2cc(N3CCOCC3)ncn2)C[C@H](C)O1. The first-order chi connectivity index (χ1) is 11.6. The van der Waals surface area contributed by atoms with Gasteiger partial charge in [-0.05, 0) is 13.8 Å². The summed E-state index contributed by atoms with van der Waals surface area (Å²) < 4.78 is 11.2. The monoisotopic (exact) mass is 335 g/mol. The molecule has 24 heavy (non-hydrogen) atoms. The van der Waals surface area contributed by atoms with Crippen LogP contribution in [-0.2, 0) is 9.47 Å². The highest BCUT2D eigenvalue weighted by molar-refractivity contribution is 5.49. The van der Waals surface area contributed by atoms with E-state index in [1.807, 2.05) is 0 Å². The molecular weight excluding hydrogens is 306 g/mol. The number of aromatic nitrogens is 2. The van der Waals surface area contributed by atoms with Gasteiger partial charge in [-0.1, -0.05) is 0 Å². The number of ether oxygens (including phenoxy) is 2. The number of hydrogen-bond acceptors (Lipinski definition) is 7. The first-order valence-electron chi connectivity index (χ1n) is 8.85. The van der Waals surface area contributed by atoms with Gasteiger partial charge in [0.25, 0.3) is 0 Å². The van der Waals surface area contributed by atoms with Crippen molar-refractivity contribution in [2.24, 2.45) is 0 Å². The Morgan fingerprint density at radius 3 is 2.58 bits per heavy atom. The third kappa shape index (κ3) is 4.55. The molecule has 3 heterocycles. The van der Waals surface area contributed by atoms with Crippen LogP contribution in [0.25, 0.3) is 0 Å². The van der Waals surface area contributed by atoms with E-state index < -0.39 is 0 Å². The second kappa shape index (κ2) is 8.09. The molecule has 7 heteroatoms. The van der Waals surface area contributed by atoms with Crippen molar-refractivity contribution < 1.29 is 9.47 Å². The predicted molar refractivity (Wildman–Crippen MR) is 94.8 cm³/mol. The highest BCUT2D eigenvalue weighted by Crippen LogP contribution is 2.18. The molecule has 1 aromatic rings. The minimum atomic E-state index is 0.311. The fourth-order valence-corrected chi connectivity index (χ4v) is 3.38. The fourth-order valence-electron chi connectivity index (χ4n) is 3.38. The average molecular weight is 335 g/mol. The van der Waals surface area contributed by atoms with E-state index in [-0.39, 0.29) is 0 Å². The third-order valence-corrected chi connectivity index (χ3v) is 4.61. The van der Waals surface area contributed by atoms with Crippen molar-refractivity contribution in [3.63, 3.8) is 0 Å². The molecule has 0 spiro atoms. The standard InChI is InChI=1S/C17H29N5O2/c1-14-11-21(12-15(2)24-14)5-4-20(3)16-10-17(19-13-18-16)22-6-8-23-9-7-22/h10,13-15H,4-9,11-12H2,1-3H3/t14-,15+. The molecule has 134 valence electrons. The Morgan fingerprint density at radius 2 is 1.88 bits per heavy atom. The summed E-state index contributed by atoms with van der Waals surface area (Å²) in [6.45, 7) is 11.6. The Balaban J connectivity index is 1.55. The number of rotatable bonds is 5. The van der Waals surface area contributed by atoms with E-state index in [4.69, 9.17) is 9.47 Å². The van der Waals surface area contributed by atoms with E-state index >= 15 is 0 Å². The van der Waals surface area contributed by atoms with Gasteiger partial charge in [0.1, 0.15) is 18.0 Å². The van der Waals surface area contributed by atoms with Gasteiger partial charge >= 0.3 is 0 Å². The van der Waals surface area contributed by atoms with Crippen LogP contribution in [0.1, 0.15) is 13.8 Å². The summed E-state index contributed by atoms with van der Waals surface area (Å²) in [5, 5.41) is 0. The third-order valence-electron chi connectivity index (χ3n) is 4.61. The van der Waals surface area contributed by atoms with Gasteiger partial charge in [0.05, 0.1) is 25.4 Å². The van der Waals surface area contributed by atoms with Crippen LogP contribution >= 0.6 is 0 Å². The van der Waals surface area contributed by atoms with Crippen molar-refractivity contribution >= 4 is 11.6 Å². The van der Waals surface area contributed by atoms with E-state index in [9.17, 15) is 0 Å². The average Bonchev–Trinajstić information content (AvgIpc) is 2.60. The Labute approximate surface area is 144 Å². The van der Waals surface area contributed by atoms with Crippen LogP contribution in [0.2, 0.25) is 0 Å². The molecular formula is C17H29N5O2. The quantitative estimate of drug-likeness (QED) is 0.791. The van der Waals surface area contributed by atoms with Crippen LogP contribution in [-0.4, -0.2) is 86.6 Å². The molecule has 7 nitrogen and oxygen atoms in total. The molecule has 0 aliphatic carbocycles. The zero-order chi connectivity index (χ0) is 16.9. The molecule has 3 rings (SSSR count). The molecule has 2 atom stereocenters. The van der Waals surface area contributed by atoms with Gasteiger partial charge in [-0.15, -0.1) is 0 Å². The van der Waals surface area contributed by atoms with Crippen molar-refractivity contribution in [2.45, 2.75) is 26.1 Å². The van der Waals surface area contributed by atoms with Gasteiger partial charge < -0.3 is 19.3 Å². The molecule has 0 unspecified atom stereocenters. The molecule has 2 aliphatic rings. The second-order valence-electron chi connectivity index (χ2n) is 6.77. The van der Waals surface area contributed by atoms with Crippen LogP contribution in [0, 0.1) is 0 Å². The number of hydrogen-bond donors (Lipinski definition) is 0. The number of likely N-dealkylation sites (N-methyl/N-ethyl adjacent to an activating group) is 1. The normalized spacial score (nSPS) is 25.7. The molecule has 2 fully saturated rings. The summed E-state index contributed by atoms with van der Waals surface area (Å²) in [5.41, 5.74) is 0. The van der Waals surface area contributed by atoms with Crippen molar-refractivity contribution in [2.75, 3.05) is 69.3 Å². The highest BCUT2D eigenvalue weighted by atomic mass is 16.5. The smallest absolute Gasteiger partial charge is 0.134 e. The maximum absolute atomic E-state index is 5.80. The Kier molecular flexibility index (Phi) is 5.86. The summed E-state index contributed by atoms with van der Waals surface area (Å²) >= 11 is 0. The van der Waals surface area contributed by atoms with Crippen LogP contribution in [0.5, 0.6) is 0 Å². The number of morpholine rings is 2. The first kappa shape index (κ1) is 17.4. The van der Waals surface area contributed by atoms with Gasteiger partial charge in [-0.2, -0.15) is 0 Å². The van der Waals surface area contributed by atoms with Gasteiger partial charge in [0, 0.05) is 52.4 Å². The van der Waals surface area contributed by atoms with Gasteiger partial charge in [0.2, 0.25) is 0 Å². The van der Waals surface area contributed by atoms with Crippen LogP contribution < -0.4 is 9.80 Å². The summed E-state index contributed by atoms with van der Waals surface area (Å²) in [6, 6.07) is 2.08. The molecule has 0 radical (unpaired) electrons. The molecule has 0 bridgehead atoms. The van der Waals surface area contributed by atoms with Crippen LogP contribution in [0.15, 0.2) is 12.4 Å². The highest BCUT2D eigenvalue weighted by Gasteiger charge is 2.22. The summed E-state index contributed by atoms with van der Waals surface area (Å²) in [6.07, 6.45) is 2.28.